The molecule has 246 valence electrons. The van der Waals surface area contributed by atoms with Gasteiger partial charge in [-0.15, -0.1) is 0 Å². The van der Waals surface area contributed by atoms with Crippen LogP contribution in [-0.2, 0) is 36.3 Å². The SMILES string of the molecule is CC[C@H]1C(C(=O)O)CCC1C(=O)N1CC[C@]2(S(=O)(=O)c3ccc(F)cc3)c3ccc(C(F)(C(F)(F)F)C(F)(F)F)cc3CC[C@H]12. The van der Waals surface area contributed by atoms with E-state index in [1.165, 1.54) is 4.90 Å². The molecular weight excluding hydrogens is 638 g/mol. The van der Waals surface area contributed by atoms with Crippen LogP contribution in [0, 0.1) is 23.6 Å². The van der Waals surface area contributed by atoms with Crippen LogP contribution in [0.4, 0.5) is 35.1 Å². The van der Waals surface area contributed by atoms with Gasteiger partial charge >= 0.3 is 24.0 Å². The van der Waals surface area contributed by atoms with E-state index in [2.05, 4.69) is 0 Å². The van der Waals surface area contributed by atoms with Crippen LogP contribution in [0.3, 0.4) is 0 Å². The Kier molecular flexibility index (Phi) is 8.06. The van der Waals surface area contributed by atoms with Crippen molar-refractivity contribution in [2.24, 2.45) is 17.8 Å². The summed E-state index contributed by atoms with van der Waals surface area (Å²) in [5, 5.41) is 9.65. The Morgan fingerprint density at radius 2 is 1.53 bits per heavy atom. The Morgan fingerprint density at radius 3 is 2.09 bits per heavy atom. The van der Waals surface area contributed by atoms with Gasteiger partial charge in [-0.3, -0.25) is 9.59 Å². The van der Waals surface area contributed by atoms with Crippen molar-refractivity contribution in [3.63, 3.8) is 0 Å². The van der Waals surface area contributed by atoms with Crippen molar-refractivity contribution in [3.8, 4) is 0 Å². The summed E-state index contributed by atoms with van der Waals surface area (Å²) >= 11 is 0. The zero-order chi connectivity index (χ0) is 33.3. The fourth-order valence-corrected chi connectivity index (χ4v) is 10.1. The van der Waals surface area contributed by atoms with Crippen LogP contribution in [0.1, 0.15) is 55.7 Å². The Balaban J connectivity index is 1.66. The number of halogens is 8. The molecule has 1 heterocycles. The fourth-order valence-electron chi connectivity index (χ4n) is 7.78. The number of amides is 1. The fraction of sp³-hybridized carbons (Fsp3) is 0.533. The first-order valence-corrected chi connectivity index (χ1v) is 15.8. The summed E-state index contributed by atoms with van der Waals surface area (Å²) in [4.78, 5) is 26.8. The normalized spacial score (nSPS) is 27.3. The van der Waals surface area contributed by atoms with Gasteiger partial charge in [-0.25, -0.2) is 17.2 Å². The largest absolute Gasteiger partial charge is 0.481 e. The molecule has 1 saturated heterocycles. The summed E-state index contributed by atoms with van der Waals surface area (Å²) in [5.41, 5.74) is -7.91. The minimum absolute atomic E-state index is 0.159. The van der Waals surface area contributed by atoms with Crippen molar-refractivity contribution >= 4 is 21.7 Å². The first-order chi connectivity index (χ1) is 20.8. The molecule has 5 atom stereocenters. The van der Waals surface area contributed by atoms with Crippen LogP contribution >= 0.6 is 0 Å². The molecule has 1 amide bonds. The number of alkyl halides is 7. The predicted molar refractivity (Wildman–Crippen MR) is 143 cm³/mol. The van der Waals surface area contributed by atoms with Gasteiger partial charge < -0.3 is 10.0 Å². The van der Waals surface area contributed by atoms with Gasteiger partial charge in [-0.1, -0.05) is 31.5 Å². The van der Waals surface area contributed by atoms with Crippen LogP contribution in [0.15, 0.2) is 47.4 Å². The number of benzene rings is 2. The minimum Gasteiger partial charge on any atom is -0.481 e. The minimum atomic E-state index is -6.38. The lowest BCUT2D eigenvalue weighted by atomic mass is 9.76. The molecule has 0 radical (unpaired) electrons. The van der Waals surface area contributed by atoms with E-state index in [0.29, 0.717) is 12.5 Å². The molecule has 45 heavy (non-hydrogen) atoms. The summed E-state index contributed by atoms with van der Waals surface area (Å²) in [5.74, 6) is -4.36. The molecule has 1 aliphatic heterocycles. The van der Waals surface area contributed by atoms with E-state index in [1.54, 1.807) is 6.92 Å². The van der Waals surface area contributed by atoms with E-state index in [9.17, 15) is 53.8 Å². The third-order valence-corrected chi connectivity index (χ3v) is 12.4. The monoisotopic (exact) mass is 667 g/mol. The van der Waals surface area contributed by atoms with Gasteiger partial charge in [0, 0.05) is 18.0 Å². The number of carbonyl (C=O) groups is 2. The Bertz CT molecular complexity index is 1590. The van der Waals surface area contributed by atoms with Crippen molar-refractivity contribution in [1.29, 1.82) is 0 Å². The molecule has 5 rings (SSSR count). The number of sulfone groups is 1. The molecule has 1 N–H and O–H groups in total. The second kappa shape index (κ2) is 10.9. The van der Waals surface area contributed by atoms with E-state index in [4.69, 9.17) is 0 Å². The maximum Gasteiger partial charge on any atom is 0.435 e. The quantitative estimate of drug-likeness (QED) is 0.282. The number of carboxylic acid groups (broad SMARTS) is 1. The van der Waals surface area contributed by atoms with Crippen molar-refractivity contribution in [2.45, 2.75) is 79.2 Å². The molecule has 2 unspecified atom stereocenters. The number of hydrogen-bond donors (Lipinski definition) is 1. The van der Waals surface area contributed by atoms with E-state index in [0.717, 1.165) is 30.3 Å². The Labute approximate surface area is 253 Å². The number of hydrogen-bond acceptors (Lipinski definition) is 4. The molecule has 3 aliphatic rings. The van der Waals surface area contributed by atoms with Crippen LogP contribution in [0.25, 0.3) is 0 Å². The van der Waals surface area contributed by atoms with Gasteiger partial charge in [-0.05, 0) is 73.4 Å². The highest BCUT2D eigenvalue weighted by Crippen LogP contribution is 2.57. The standard InChI is InChI=1S/C30H29F8NO5S/c1-2-20-21(9-10-22(20)26(41)42)25(40)39-14-13-27(45(43,44)19-7-5-18(31)6-8-19)23-11-4-17(15-16(23)3-12-24(27)39)28(32,29(33,34)35)30(36,37)38/h4-8,11,15,20-22,24H,2-3,9-10,12-14H2,1H3,(H,41,42)/t20-,21?,22?,24+,27+/m1/s1. The third-order valence-electron chi connectivity index (χ3n) is 9.88. The van der Waals surface area contributed by atoms with E-state index >= 15 is 4.39 Å². The molecule has 15 heteroatoms. The van der Waals surface area contributed by atoms with Crippen molar-refractivity contribution < 1.29 is 58.2 Å². The van der Waals surface area contributed by atoms with Gasteiger partial charge in [0.25, 0.3) is 0 Å². The van der Waals surface area contributed by atoms with Crippen LogP contribution in [0.2, 0.25) is 0 Å². The second-order valence-corrected chi connectivity index (χ2v) is 14.1. The highest BCUT2D eigenvalue weighted by molar-refractivity contribution is 7.92. The summed E-state index contributed by atoms with van der Waals surface area (Å²) in [6.45, 7) is 1.58. The summed E-state index contributed by atoms with van der Waals surface area (Å²) in [6, 6.07) is 3.99. The van der Waals surface area contributed by atoms with E-state index in [-0.39, 0.29) is 60.7 Å². The summed E-state index contributed by atoms with van der Waals surface area (Å²) < 4.78 is 137. The number of fused-ring (bicyclic) bond motifs is 3. The van der Waals surface area contributed by atoms with Gasteiger partial charge in [0.15, 0.2) is 9.84 Å². The molecule has 2 fully saturated rings. The number of nitrogens with zero attached hydrogens (tertiary/aromatic N) is 1. The summed E-state index contributed by atoms with van der Waals surface area (Å²) in [6.07, 6.45) is -12.7. The van der Waals surface area contributed by atoms with Crippen molar-refractivity contribution in [2.75, 3.05) is 6.54 Å². The molecule has 2 aromatic carbocycles. The first kappa shape index (κ1) is 33.1. The lowest BCUT2D eigenvalue weighted by Crippen LogP contribution is -2.54. The molecular formula is C30H29F8NO5S. The zero-order valence-electron chi connectivity index (χ0n) is 23.8. The molecule has 0 aromatic heterocycles. The second-order valence-electron chi connectivity index (χ2n) is 11.9. The Hall–Kier alpha value is -3.23. The van der Waals surface area contributed by atoms with Gasteiger partial charge in [0.2, 0.25) is 5.91 Å². The van der Waals surface area contributed by atoms with E-state index in [1.807, 2.05) is 0 Å². The van der Waals surface area contributed by atoms with E-state index < -0.39 is 79.7 Å². The Morgan fingerprint density at radius 1 is 0.933 bits per heavy atom. The molecule has 6 nitrogen and oxygen atoms in total. The third kappa shape index (κ3) is 4.82. The molecule has 2 aromatic rings. The lowest BCUT2D eigenvalue weighted by Gasteiger charge is -2.43. The van der Waals surface area contributed by atoms with Gasteiger partial charge in [-0.2, -0.15) is 26.3 Å². The van der Waals surface area contributed by atoms with Gasteiger partial charge in [0.1, 0.15) is 10.6 Å². The van der Waals surface area contributed by atoms with Crippen molar-refractivity contribution in [3.05, 3.63) is 65.0 Å². The number of rotatable bonds is 6. The number of aliphatic carboxylic acids is 1. The first-order valence-electron chi connectivity index (χ1n) is 14.3. The molecule has 0 bridgehead atoms. The average molecular weight is 668 g/mol. The maximum absolute atomic E-state index is 15.0. The zero-order valence-corrected chi connectivity index (χ0v) is 24.6. The van der Waals surface area contributed by atoms with Crippen LogP contribution in [-0.4, -0.2) is 55.2 Å². The van der Waals surface area contributed by atoms with Crippen molar-refractivity contribution in [1.82, 2.24) is 4.90 Å². The number of aryl methyl sites for hydroxylation is 1. The average Bonchev–Trinajstić information content (AvgIpc) is 3.58. The maximum atomic E-state index is 15.0. The molecule has 2 aliphatic carbocycles. The lowest BCUT2D eigenvalue weighted by molar-refractivity contribution is -0.348. The number of carboxylic acids is 1. The van der Waals surface area contributed by atoms with Crippen LogP contribution in [0.5, 0.6) is 0 Å². The highest BCUT2D eigenvalue weighted by Gasteiger charge is 2.74. The highest BCUT2D eigenvalue weighted by atomic mass is 32.2. The predicted octanol–water partition coefficient (Wildman–Crippen LogP) is 6.47. The smallest absolute Gasteiger partial charge is 0.435 e. The number of likely N-dealkylation sites (tertiary alicyclic amines) is 1. The molecule has 1 saturated carbocycles. The molecule has 0 spiro atoms. The summed E-state index contributed by atoms with van der Waals surface area (Å²) in [7, 11) is -4.62. The topological polar surface area (TPSA) is 91.8 Å². The van der Waals surface area contributed by atoms with Gasteiger partial charge in [0.05, 0.1) is 16.9 Å². The van der Waals surface area contributed by atoms with Crippen LogP contribution < -0.4 is 0 Å². The number of carbonyl (C=O) groups excluding carboxylic acids is 1.